The van der Waals surface area contributed by atoms with Crippen molar-refractivity contribution in [3.63, 3.8) is 0 Å². The van der Waals surface area contributed by atoms with Crippen molar-refractivity contribution in [3.05, 3.63) is 29.6 Å². The molecule has 2 atom stereocenters. The first-order valence-electron chi connectivity index (χ1n) is 6.33. The summed E-state index contributed by atoms with van der Waals surface area (Å²) in [5.41, 5.74) is 0.445. The molecule has 1 aliphatic rings. The second-order valence-electron chi connectivity index (χ2n) is 5.20. The van der Waals surface area contributed by atoms with Crippen LogP contribution in [0.4, 0.5) is 4.39 Å². The van der Waals surface area contributed by atoms with Gasteiger partial charge in [0.25, 0.3) is 0 Å². The summed E-state index contributed by atoms with van der Waals surface area (Å²) in [4.78, 5) is 0.0249. The van der Waals surface area contributed by atoms with E-state index in [2.05, 4.69) is 5.32 Å². The topological polar surface area (TPSA) is 49.4 Å². The number of nitrogens with zero attached hydrogens (tertiary/aromatic N) is 1. The number of hydrogen-bond donors (Lipinski definition) is 1. The van der Waals surface area contributed by atoms with Crippen LogP contribution in [0.15, 0.2) is 23.1 Å². The van der Waals surface area contributed by atoms with E-state index in [9.17, 15) is 12.8 Å². The molecule has 106 valence electrons. The van der Waals surface area contributed by atoms with E-state index < -0.39 is 15.8 Å². The summed E-state index contributed by atoms with van der Waals surface area (Å²) in [6, 6.07) is 4.24. The van der Waals surface area contributed by atoms with Crippen molar-refractivity contribution in [2.45, 2.75) is 37.8 Å². The molecule has 1 N–H and O–H groups in total. The fourth-order valence-corrected chi connectivity index (χ4v) is 3.99. The highest BCUT2D eigenvalue weighted by molar-refractivity contribution is 7.89. The predicted molar refractivity (Wildman–Crippen MR) is 72.0 cm³/mol. The van der Waals surface area contributed by atoms with E-state index in [1.807, 2.05) is 13.8 Å². The highest BCUT2D eigenvalue weighted by Gasteiger charge is 2.31. The standard InChI is InChI=1S/C13H19FN2O2S/c1-9-4-5-12(6-13(9)14)19(17,18)16-7-10(2)15-11(3)8-16/h4-6,10-11,15H,7-8H2,1-3H3/t10-,11-/m0/s1. The number of rotatable bonds is 2. The third-order valence-corrected chi connectivity index (χ3v) is 5.13. The Kier molecular flexibility index (Phi) is 3.94. The maximum atomic E-state index is 13.5. The smallest absolute Gasteiger partial charge is 0.243 e. The third-order valence-electron chi connectivity index (χ3n) is 3.31. The molecule has 1 heterocycles. The van der Waals surface area contributed by atoms with Crippen molar-refractivity contribution in [1.82, 2.24) is 9.62 Å². The zero-order valence-corrected chi connectivity index (χ0v) is 12.2. The molecule has 4 nitrogen and oxygen atoms in total. The third kappa shape index (κ3) is 2.96. The lowest BCUT2D eigenvalue weighted by molar-refractivity contribution is 0.263. The van der Waals surface area contributed by atoms with Crippen LogP contribution in [0.3, 0.4) is 0 Å². The molecule has 2 rings (SSSR count). The zero-order valence-electron chi connectivity index (χ0n) is 11.4. The minimum atomic E-state index is -3.61. The lowest BCUT2D eigenvalue weighted by Crippen LogP contribution is -2.55. The van der Waals surface area contributed by atoms with Crippen molar-refractivity contribution in [3.8, 4) is 0 Å². The number of sulfonamides is 1. The van der Waals surface area contributed by atoms with Crippen LogP contribution in [0.25, 0.3) is 0 Å². The summed E-state index contributed by atoms with van der Waals surface area (Å²) < 4.78 is 39.9. The Balaban J connectivity index is 2.33. The molecular formula is C13H19FN2O2S. The lowest BCUT2D eigenvalue weighted by Gasteiger charge is -2.35. The van der Waals surface area contributed by atoms with Gasteiger partial charge in [-0.3, -0.25) is 0 Å². The summed E-state index contributed by atoms with van der Waals surface area (Å²) in [6.45, 7) is 6.30. The van der Waals surface area contributed by atoms with Crippen LogP contribution in [0.5, 0.6) is 0 Å². The van der Waals surface area contributed by atoms with E-state index in [4.69, 9.17) is 0 Å². The van der Waals surface area contributed by atoms with E-state index in [-0.39, 0.29) is 17.0 Å². The molecule has 1 aliphatic heterocycles. The predicted octanol–water partition coefficient (Wildman–Crippen LogP) is 1.51. The van der Waals surface area contributed by atoms with Crippen LogP contribution in [0.2, 0.25) is 0 Å². The summed E-state index contributed by atoms with van der Waals surface area (Å²) in [5, 5.41) is 3.27. The fourth-order valence-electron chi connectivity index (χ4n) is 2.36. The maximum Gasteiger partial charge on any atom is 0.243 e. The first kappa shape index (κ1) is 14.4. The van der Waals surface area contributed by atoms with Crippen LogP contribution in [-0.2, 0) is 10.0 Å². The van der Waals surface area contributed by atoms with E-state index in [0.717, 1.165) is 6.07 Å². The zero-order chi connectivity index (χ0) is 14.2. The van der Waals surface area contributed by atoms with Gasteiger partial charge in [0.15, 0.2) is 0 Å². The second kappa shape index (κ2) is 5.19. The first-order valence-corrected chi connectivity index (χ1v) is 7.77. The van der Waals surface area contributed by atoms with Crippen molar-refractivity contribution in [2.24, 2.45) is 0 Å². The van der Waals surface area contributed by atoms with Gasteiger partial charge in [0.1, 0.15) is 5.82 Å². The van der Waals surface area contributed by atoms with Gasteiger partial charge in [0.05, 0.1) is 4.90 Å². The summed E-state index contributed by atoms with van der Waals surface area (Å²) in [6.07, 6.45) is 0. The van der Waals surface area contributed by atoms with Crippen LogP contribution >= 0.6 is 0 Å². The Morgan fingerprint density at radius 2 is 1.84 bits per heavy atom. The minimum absolute atomic E-state index is 0.0249. The molecule has 0 radical (unpaired) electrons. The second-order valence-corrected chi connectivity index (χ2v) is 7.14. The fraction of sp³-hybridized carbons (Fsp3) is 0.538. The van der Waals surface area contributed by atoms with Crippen LogP contribution in [-0.4, -0.2) is 37.9 Å². The van der Waals surface area contributed by atoms with Gasteiger partial charge in [-0.25, -0.2) is 12.8 Å². The van der Waals surface area contributed by atoms with Gasteiger partial charge < -0.3 is 5.32 Å². The largest absolute Gasteiger partial charge is 0.309 e. The number of nitrogens with one attached hydrogen (secondary N) is 1. The van der Waals surface area contributed by atoms with Gasteiger partial charge in [0.2, 0.25) is 10.0 Å². The quantitative estimate of drug-likeness (QED) is 0.896. The lowest BCUT2D eigenvalue weighted by atomic mass is 10.2. The van der Waals surface area contributed by atoms with E-state index in [1.54, 1.807) is 6.92 Å². The number of aryl methyl sites for hydroxylation is 1. The molecule has 0 aliphatic carbocycles. The molecular weight excluding hydrogens is 267 g/mol. The Morgan fingerprint density at radius 1 is 1.26 bits per heavy atom. The molecule has 0 bridgehead atoms. The van der Waals surface area contributed by atoms with Gasteiger partial charge in [0, 0.05) is 25.2 Å². The SMILES string of the molecule is Cc1ccc(S(=O)(=O)N2C[C@H](C)N[C@@H](C)C2)cc1F. The summed E-state index contributed by atoms with van der Waals surface area (Å²) in [5.74, 6) is -0.489. The van der Waals surface area contributed by atoms with E-state index in [0.29, 0.717) is 18.7 Å². The molecule has 0 unspecified atom stereocenters. The van der Waals surface area contributed by atoms with Gasteiger partial charge in [-0.15, -0.1) is 0 Å². The van der Waals surface area contributed by atoms with Crippen LogP contribution in [0, 0.1) is 12.7 Å². The molecule has 0 amide bonds. The highest BCUT2D eigenvalue weighted by Crippen LogP contribution is 2.20. The van der Waals surface area contributed by atoms with Gasteiger partial charge in [-0.2, -0.15) is 4.31 Å². The average molecular weight is 286 g/mol. The van der Waals surface area contributed by atoms with Gasteiger partial charge >= 0.3 is 0 Å². The molecule has 1 aromatic rings. The van der Waals surface area contributed by atoms with Crippen molar-refractivity contribution >= 4 is 10.0 Å². The van der Waals surface area contributed by atoms with Crippen molar-refractivity contribution in [1.29, 1.82) is 0 Å². The first-order chi connectivity index (χ1) is 8.80. The van der Waals surface area contributed by atoms with Crippen molar-refractivity contribution < 1.29 is 12.8 Å². The molecule has 0 aromatic heterocycles. The van der Waals surface area contributed by atoms with Crippen LogP contribution < -0.4 is 5.32 Å². The monoisotopic (exact) mass is 286 g/mol. The van der Waals surface area contributed by atoms with Gasteiger partial charge in [-0.1, -0.05) is 6.07 Å². The Morgan fingerprint density at radius 3 is 2.37 bits per heavy atom. The minimum Gasteiger partial charge on any atom is -0.309 e. The molecule has 6 heteroatoms. The normalized spacial score (nSPS) is 25.5. The average Bonchev–Trinajstić information content (AvgIpc) is 2.31. The summed E-state index contributed by atoms with van der Waals surface area (Å²) in [7, 11) is -3.61. The Labute approximate surface area is 113 Å². The number of hydrogen-bond acceptors (Lipinski definition) is 3. The van der Waals surface area contributed by atoms with Gasteiger partial charge in [-0.05, 0) is 38.5 Å². The highest BCUT2D eigenvalue weighted by atomic mass is 32.2. The molecule has 1 aromatic carbocycles. The Hall–Kier alpha value is -0.980. The maximum absolute atomic E-state index is 13.5. The molecule has 1 saturated heterocycles. The number of piperazine rings is 1. The molecule has 0 saturated carbocycles. The van der Waals surface area contributed by atoms with Crippen molar-refractivity contribution in [2.75, 3.05) is 13.1 Å². The number of benzene rings is 1. The van der Waals surface area contributed by atoms with E-state index in [1.165, 1.54) is 16.4 Å². The molecule has 0 spiro atoms. The molecule has 1 fully saturated rings. The number of halogens is 1. The van der Waals surface area contributed by atoms with E-state index >= 15 is 0 Å². The Bertz CT molecular complexity index is 564. The van der Waals surface area contributed by atoms with Crippen LogP contribution in [0.1, 0.15) is 19.4 Å². The summed E-state index contributed by atoms with van der Waals surface area (Å²) >= 11 is 0. The molecule has 19 heavy (non-hydrogen) atoms.